The minimum Gasteiger partial charge on any atom is -0.411 e. The third kappa shape index (κ3) is 4.81. The van der Waals surface area contributed by atoms with Gasteiger partial charge in [0.1, 0.15) is 5.75 Å². The number of hydrogen-bond donors (Lipinski definition) is 0. The second kappa shape index (κ2) is 4.28. The van der Waals surface area contributed by atoms with Crippen LogP contribution in [0.1, 0.15) is 0 Å². The molecule has 1 heterocycles. The van der Waals surface area contributed by atoms with E-state index in [4.69, 9.17) is 4.43 Å². The Morgan fingerprint density at radius 2 is 2.00 bits per heavy atom. The summed E-state index contributed by atoms with van der Waals surface area (Å²) in [5.41, 5.74) is 0. The topological polar surface area (TPSA) is 52.6 Å². The van der Waals surface area contributed by atoms with Crippen molar-refractivity contribution in [3.63, 3.8) is 0 Å². The van der Waals surface area contributed by atoms with Crippen molar-refractivity contribution in [2.75, 3.05) is 12.4 Å². The molecular weight excluding hydrogens is 265 g/mol. The fourth-order valence-electron chi connectivity index (χ4n) is 1.55. The van der Waals surface area contributed by atoms with Crippen LogP contribution in [0.3, 0.4) is 0 Å². The molecule has 9 heteroatoms. The lowest BCUT2D eigenvalue weighted by atomic mass is 10.5. The Balaban J connectivity index is 2.54. The van der Waals surface area contributed by atoms with E-state index < -0.39 is 36.8 Å². The second-order valence-corrected chi connectivity index (χ2v) is 10.1. The summed E-state index contributed by atoms with van der Waals surface area (Å²) in [6.07, 6.45) is -5.05. The van der Waals surface area contributed by atoms with Crippen molar-refractivity contribution >= 4 is 18.4 Å². The van der Waals surface area contributed by atoms with Crippen LogP contribution in [-0.2, 0) is 18.7 Å². The summed E-state index contributed by atoms with van der Waals surface area (Å²) in [6.45, 7) is 2.63. The minimum absolute atomic E-state index is 0.184. The summed E-state index contributed by atoms with van der Waals surface area (Å²) in [4.78, 5) is 0. The first-order valence-electron chi connectivity index (χ1n) is 4.61. The van der Waals surface area contributed by atoms with Crippen LogP contribution in [0.5, 0.6) is 0 Å². The van der Waals surface area contributed by atoms with Crippen LogP contribution < -0.4 is 0 Å². The van der Waals surface area contributed by atoms with E-state index in [2.05, 4.69) is 4.18 Å². The number of rotatable bonds is 3. The van der Waals surface area contributed by atoms with E-state index in [1.807, 2.05) is 0 Å². The highest BCUT2D eigenvalue weighted by Crippen LogP contribution is 2.30. The van der Waals surface area contributed by atoms with Crippen molar-refractivity contribution in [2.45, 2.75) is 31.4 Å². The van der Waals surface area contributed by atoms with Gasteiger partial charge in [0.05, 0.1) is 18.8 Å². The van der Waals surface area contributed by atoms with Gasteiger partial charge in [-0.1, -0.05) is 0 Å². The predicted octanol–water partition coefficient (Wildman–Crippen LogP) is 1.50. The molecule has 0 saturated carbocycles. The van der Waals surface area contributed by atoms with Gasteiger partial charge in [0.2, 0.25) is 0 Å². The lowest BCUT2D eigenvalue weighted by Crippen LogP contribution is -2.40. The maximum Gasteiger partial charge on any atom is 0.389 e. The van der Waals surface area contributed by atoms with Crippen LogP contribution in [0, 0.1) is 0 Å². The molecule has 1 fully saturated rings. The highest BCUT2D eigenvalue weighted by molar-refractivity contribution is 7.87. The molecule has 0 aliphatic carbocycles. The normalized spacial score (nSPS) is 25.9. The maximum atomic E-state index is 12.2. The molecule has 0 aromatic rings. The Morgan fingerprint density at radius 1 is 1.44 bits per heavy atom. The molecule has 0 spiro atoms. The summed E-state index contributed by atoms with van der Waals surface area (Å²) in [6, 6.07) is -0.990. The largest absolute Gasteiger partial charge is 0.411 e. The van der Waals surface area contributed by atoms with Crippen molar-refractivity contribution in [3.8, 4) is 0 Å². The average molecular weight is 278 g/mol. The molecule has 1 saturated heterocycles. The van der Waals surface area contributed by atoms with Crippen LogP contribution in [0.15, 0.2) is 0 Å². The summed E-state index contributed by atoms with van der Waals surface area (Å²) >= 11 is 0. The van der Waals surface area contributed by atoms with E-state index >= 15 is 0 Å². The first-order valence-corrected chi connectivity index (χ1v) is 9.30. The van der Waals surface area contributed by atoms with Crippen molar-refractivity contribution < 1.29 is 30.2 Å². The quantitative estimate of drug-likeness (QED) is 0.580. The third-order valence-corrected chi connectivity index (χ3v) is 5.43. The molecule has 1 rings (SSSR count). The van der Waals surface area contributed by atoms with Gasteiger partial charge < -0.3 is 4.43 Å². The molecule has 16 heavy (non-hydrogen) atoms. The minimum atomic E-state index is -4.28. The molecule has 0 aromatic carbocycles. The van der Waals surface area contributed by atoms with Crippen molar-refractivity contribution in [1.29, 1.82) is 0 Å². The summed E-state index contributed by atoms with van der Waals surface area (Å²) in [5.74, 6) is -0.360. The maximum absolute atomic E-state index is 12.2. The van der Waals surface area contributed by atoms with E-state index in [0.29, 0.717) is 0 Å². The first kappa shape index (κ1) is 13.9. The molecule has 96 valence electrons. The summed E-state index contributed by atoms with van der Waals surface area (Å²) < 4.78 is 68.0. The monoisotopic (exact) mass is 278 g/mol. The van der Waals surface area contributed by atoms with Gasteiger partial charge in [-0.15, -0.1) is 0 Å². The van der Waals surface area contributed by atoms with Crippen molar-refractivity contribution in [2.24, 2.45) is 0 Å². The van der Waals surface area contributed by atoms with Gasteiger partial charge in [-0.05, 0) is 13.1 Å². The van der Waals surface area contributed by atoms with Gasteiger partial charge in [0, 0.05) is 0 Å². The Bertz CT molecular complexity index is 351. The average Bonchev–Trinajstić information content (AvgIpc) is 2.22. The molecule has 1 aliphatic heterocycles. The van der Waals surface area contributed by atoms with E-state index in [1.165, 1.54) is 13.1 Å². The van der Waals surface area contributed by atoms with Gasteiger partial charge in [0.15, 0.2) is 8.32 Å². The zero-order valence-electron chi connectivity index (χ0n) is 8.87. The molecule has 4 nitrogen and oxygen atoms in total. The Hall–Kier alpha value is -0.123. The summed E-state index contributed by atoms with van der Waals surface area (Å²) in [7, 11) is -6.53. The fraction of sp³-hybridized carbons (Fsp3) is 1.00. The Kier molecular flexibility index (Phi) is 3.73. The SMILES string of the molecule is C[Si](C)(CC(F)(F)F)OC1COS(=O)(=O)C1. The third-order valence-electron chi connectivity index (χ3n) is 1.94. The highest BCUT2D eigenvalue weighted by Gasteiger charge is 2.42. The van der Waals surface area contributed by atoms with Crippen LogP contribution in [-0.4, -0.2) is 41.4 Å². The highest BCUT2D eigenvalue weighted by atomic mass is 32.2. The molecular formula is C7H13F3O4SSi. The lowest BCUT2D eigenvalue weighted by Gasteiger charge is -2.26. The number of halogens is 3. The van der Waals surface area contributed by atoms with Crippen LogP contribution >= 0.6 is 0 Å². The van der Waals surface area contributed by atoms with E-state index in [-0.39, 0.29) is 12.4 Å². The van der Waals surface area contributed by atoms with E-state index in [1.54, 1.807) is 0 Å². The second-order valence-electron chi connectivity index (χ2n) is 4.30. The lowest BCUT2D eigenvalue weighted by molar-refractivity contribution is -0.113. The van der Waals surface area contributed by atoms with Gasteiger partial charge in [-0.2, -0.15) is 21.6 Å². The molecule has 1 unspecified atom stereocenters. The van der Waals surface area contributed by atoms with Crippen molar-refractivity contribution in [3.05, 3.63) is 0 Å². The predicted molar refractivity (Wildman–Crippen MR) is 53.0 cm³/mol. The molecule has 1 atom stereocenters. The fourth-order valence-corrected chi connectivity index (χ4v) is 4.85. The zero-order valence-corrected chi connectivity index (χ0v) is 10.7. The molecule has 0 amide bonds. The molecule has 0 bridgehead atoms. The van der Waals surface area contributed by atoms with Crippen LogP contribution in [0.2, 0.25) is 19.1 Å². The van der Waals surface area contributed by atoms with Gasteiger partial charge >= 0.3 is 6.18 Å². The van der Waals surface area contributed by atoms with Crippen molar-refractivity contribution in [1.82, 2.24) is 0 Å². The van der Waals surface area contributed by atoms with Gasteiger partial charge in [-0.3, -0.25) is 4.18 Å². The van der Waals surface area contributed by atoms with E-state index in [0.717, 1.165) is 0 Å². The Morgan fingerprint density at radius 3 is 2.38 bits per heavy atom. The van der Waals surface area contributed by atoms with Crippen LogP contribution in [0.4, 0.5) is 13.2 Å². The molecule has 0 aromatic heterocycles. The van der Waals surface area contributed by atoms with Gasteiger partial charge in [0.25, 0.3) is 10.1 Å². The Labute approximate surface area is 93.0 Å². The standard InChI is InChI=1S/C7H13F3O4SSi/c1-16(2,5-7(8,9)10)14-6-3-13-15(11,12)4-6/h6H,3-5H2,1-2H3. The molecule has 0 N–H and O–H groups in total. The molecule has 0 radical (unpaired) electrons. The summed E-state index contributed by atoms with van der Waals surface area (Å²) in [5, 5.41) is 0. The smallest absolute Gasteiger partial charge is 0.389 e. The first-order chi connectivity index (χ1) is 6.99. The molecule has 1 aliphatic rings. The number of hydrogen-bond acceptors (Lipinski definition) is 4. The zero-order chi connectivity index (χ0) is 12.6. The van der Waals surface area contributed by atoms with Crippen LogP contribution in [0.25, 0.3) is 0 Å². The number of alkyl halides is 3. The van der Waals surface area contributed by atoms with Gasteiger partial charge in [-0.25, -0.2) is 0 Å². The van der Waals surface area contributed by atoms with E-state index in [9.17, 15) is 21.6 Å².